The minimum absolute atomic E-state index is 0.131. The van der Waals surface area contributed by atoms with Gasteiger partial charge in [0.1, 0.15) is 11.5 Å². The quantitative estimate of drug-likeness (QED) is 0.797. The molecule has 0 radical (unpaired) electrons. The molecule has 2 heterocycles. The molecule has 1 fully saturated rings. The molecule has 0 amide bonds. The summed E-state index contributed by atoms with van der Waals surface area (Å²) in [5.41, 5.74) is 2.79. The Morgan fingerprint density at radius 2 is 2.00 bits per heavy atom. The molecule has 1 N–H and O–H groups in total. The van der Waals surface area contributed by atoms with Crippen LogP contribution in [0.1, 0.15) is 17.4 Å². The van der Waals surface area contributed by atoms with E-state index in [9.17, 15) is 9.18 Å². The van der Waals surface area contributed by atoms with Gasteiger partial charge in [-0.3, -0.25) is 9.69 Å². The summed E-state index contributed by atoms with van der Waals surface area (Å²) in [5.74, 6) is -0.261. The lowest BCUT2D eigenvalue weighted by Crippen LogP contribution is -2.39. The normalized spacial score (nSPS) is 18.5. The fraction of sp³-hybridized carbons (Fsp3) is 0.263. The van der Waals surface area contributed by atoms with Crippen LogP contribution in [-0.2, 0) is 11.3 Å². The van der Waals surface area contributed by atoms with Gasteiger partial charge >= 0.3 is 0 Å². The van der Waals surface area contributed by atoms with Gasteiger partial charge in [-0.15, -0.1) is 0 Å². The van der Waals surface area contributed by atoms with E-state index in [0.717, 1.165) is 23.1 Å². The highest BCUT2D eigenvalue weighted by molar-refractivity contribution is 5.73. The molecule has 25 heavy (non-hydrogen) atoms. The fourth-order valence-electron chi connectivity index (χ4n) is 3.11. The maximum Gasteiger partial charge on any atom is 0.271 e. The second-order valence-corrected chi connectivity index (χ2v) is 6.18. The van der Waals surface area contributed by atoms with Gasteiger partial charge in [0, 0.05) is 19.6 Å². The molecule has 1 atom stereocenters. The molecule has 1 aliphatic heterocycles. The first-order chi connectivity index (χ1) is 12.2. The number of morpholine rings is 1. The third-order valence-corrected chi connectivity index (χ3v) is 4.44. The smallest absolute Gasteiger partial charge is 0.271 e. The molecule has 6 heteroatoms. The topological polar surface area (TPSA) is 58.2 Å². The van der Waals surface area contributed by atoms with E-state index in [-0.39, 0.29) is 17.5 Å². The summed E-state index contributed by atoms with van der Waals surface area (Å²) in [6, 6.07) is 13.9. The molecule has 5 nitrogen and oxygen atoms in total. The van der Waals surface area contributed by atoms with Gasteiger partial charge in [-0.2, -0.15) is 0 Å². The molecule has 1 saturated heterocycles. The summed E-state index contributed by atoms with van der Waals surface area (Å²) in [6.07, 6.45) is -0.131. The molecule has 0 aliphatic carbocycles. The second-order valence-electron chi connectivity index (χ2n) is 6.18. The van der Waals surface area contributed by atoms with E-state index in [2.05, 4.69) is 14.9 Å². The van der Waals surface area contributed by atoms with Crippen molar-refractivity contribution < 1.29 is 9.13 Å². The first-order valence-corrected chi connectivity index (χ1v) is 8.26. The summed E-state index contributed by atoms with van der Waals surface area (Å²) in [4.78, 5) is 21.8. The van der Waals surface area contributed by atoms with Crippen molar-refractivity contribution in [2.24, 2.45) is 0 Å². The second kappa shape index (κ2) is 6.74. The molecule has 0 bridgehead atoms. The Morgan fingerprint density at radius 1 is 1.20 bits per heavy atom. The highest BCUT2D eigenvalue weighted by atomic mass is 19.1. The van der Waals surface area contributed by atoms with Crippen LogP contribution in [-0.4, -0.2) is 34.6 Å². The van der Waals surface area contributed by atoms with Crippen LogP contribution in [0.5, 0.6) is 0 Å². The van der Waals surface area contributed by atoms with Crippen molar-refractivity contribution >= 4 is 11.0 Å². The highest BCUT2D eigenvalue weighted by Crippen LogP contribution is 2.23. The Bertz CT molecular complexity index is 939. The number of aromatic nitrogens is 2. The van der Waals surface area contributed by atoms with Gasteiger partial charge in [0.25, 0.3) is 5.56 Å². The first kappa shape index (κ1) is 15.9. The Morgan fingerprint density at radius 3 is 2.84 bits per heavy atom. The van der Waals surface area contributed by atoms with E-state index >= 15 is 0 Å². The molecule has 3 aromatic rings. The number of para-hydroxylation sites is 2. The van der Waals surface area contributed by atoms with E-state index in [0.29, 0.717) is 25.4 Å². The maximum absolute atomic E-state index is 13.1. The Balaban J connectivity index is 1.53. The van der Waals surface area contributed by atoms with E-state index in [1.54, 1.807) is 12.1 Å². The Labute approximate surface area is 144 Å². The van der Waals surface area contributed by atoms with Crippen LogP contribution in [0.4, 0.5) is 4.39 Å². The third-order valence-electron chi connectivity index (χ3n) is 4.44. The molecular weight excluding hydrogens is 321 g/mol. The average Bonchev–Trinajstić information content (AvgIpc) is 2.63. The van der Waals surface area contributed by atoms with Gasteiger partial charge in [0.05, 0.1) is 23.7 Å². The minimum Gasteiger partial charge on any atom is -0.371 e. The van der Waals surface area contributed by atoms with Gasteiger partial charge in [0.15, 0.2) is 0 Å². The Kier molecular flexibility index (Phi) is 4.29. The number of ether oxygens (including phenoxy) is 1. The SMILES string of the molecule is O=c1[nH]c2ccccc2nc1CN1CCOC(c2ccc(F)cc2)C1. The fourth-order valence-corrected chi connectivity index (χ4v) is 3.11. The lowest BCUT2D eigenvalue weighted by atomic mass is 10.1. The van der Waals surface area contributed by atoms with Crippen molar-refractivity contribution in [3.63, 3.8) is 0 Å². The number of fused-ring (bicyclic) bond motifs is 1. The summed E-state index contributed by atoms with van der Waals surface area (Å²) in [7, 11) is 0. The molecule has 4 rings (SSSR count). The number of hydrogen-bond donors (Lipinski definition) is 1. The highest BCUT2D eigenvalue weighted by Gasteiger charge is 2.23. The van der Waals surface area contributed by atoms with E-state index in [4.69, 9.17) is 4.74 Å². The van der Waals surface area contributed by atoms with E-state index in [1.807, 2.05) is 24.3 Å². The van der Waals surface area contributed by atoms with Crippen LogP contribution in [0.2, 0.25) is 0 Å². The van der Waals surface area contributed by atoms with Crippen LogP contribution in [0.15, 0.2) is 53.3 Å². The number of rotatable bonds is 3. The Hall–Kier alpha value is -2.57. The van der Waals surface area contributed by atoms with Crippen LogP contribution in [0.25, 0.3) is 11.0 Å². The molecular formula is C19H18FN3O2. The largest absolute Gasteiger partial charge is 0.371 e. The van der Waals surface area contributed by atoms with E-state index < -0.39 is 0 Å². The van der Waals surface area contributed by atoms with Crippen molar-refractivity contribution in [2.75, 3.05) is 19.7 Å². The molecule has 0 spiro atoms. The molecule has 1 aromatic heterocycles. The zero-order valence-electron chi connectivity index (χ0n) is 13.6. The number of aromatic amines is 1. The molecule has 2 aromatic carbocycles. The number of halogens is 1. The van der Waals surface area contributed by atoms with E-state index in [1.165, 1.54) is 12.1 Å². The van der Waals surface area contributed by atoms with Crippen molar-refractivity contribution in [3.05, 3.63) is 76.0 Å². The number of H-pyrrole nitrogens is 1. The molecule has 0 saturated carbocycles. The predicted octanol–water partition coefficient (Wildman–Crippen LogP) is 2.64. The van der Waals surface area contributed by atoms with Gasteiger partial charge in [-0.25, -0.2) is 9.37 Å². The summed E-state index contributed by atoms with van der Waals surface area (Å²) < 4.78 is 18.9. The van der Waals surface area contributed by atoms with Crippen LogP contribution in [0.3, 0.4) is 0 Å². The first-order valence-electron chi connectivity index (χ1n) is 8.26. The van der Waals surface area contributed by atoms with Crippen molar-refractivity contribution in [3.8, 4) is 0 Å². The van der Waals surface area contributed by atoms with Crippen LogP contribution < -0.4 is 5.56 Å². The molecule has 128 valence electrons. The summed E-state index contributed by atoms with van der Waals surface area (Å²) in [5, 5.41) is 0. The average molecular weight is 339 g/mol. The van der Waals surface area contributed by atoms with Crippen LogP contribution >= 0.6 is 0 Å². The van der Waals surface area contributed by atoms with Gasteiger partial charge in [-0.05, 0) is 29.8 Å². The zero-order valence-corrected chi connectivity index (χ0v) is 13.6. The number of hydrogen-bond acceptors (Lipinski definition) is 4. The lowest BCUT2D eigenvalue weighted by molar-refractivity contribution is -0.0334. The number of nitrogens with one attached hydrogen (secondary N) is 1. The monoisotopic (exact) mass is 339 g/mol. The molecule has 1 unspecified atom stereocenters. The number of benzene rings is 2. The predicted molar refractivity (Wildman–Crippen MR) is 92.7 cm³/mol. The van der Waals surface area contributed by atoms with Gasteiger partial charge in [0.2, 0.25) is 0 Å². The van der Waals surface area contributed by atoms with Crippen molar-refractivity contribution in [2.45, 2.75) is 12.6 Å². The van der Waals surface area contributed by atoms with Crippen LogP contribution in [0, 0.1) is 5.82 Å². The third kappa shape index (κ3) is 3.45. The number of nitrogens with zero attached hydrogens (tertiary/aromatic N) is 2. The van der Waals surface area contributed by atoms with Crippen molar-refractivity contribution in [1.29, 1.82) is 0 Å². The lowest BCUT2D eigenvalue weighted by Gasteiger charge is -2.32. The van der Waals surface area contributed by atoms with Gasteiger partial charge < -0.3 is 9.72 Å². The van der Waals surface area contributed by atoms with Crippen molar-refractivity contribution in [1.82, 2.24) is 14.9 Å². The summed E-state index contributed by atoms with van der Waals surface area (Å²) in [6.45, 7) is 2.39. The summed E-state index contributed by atoms with van der Waals surface area (Å²) >= 11 is 0. The standard InChI is InChI=1S/C19H18FN3O2/c20-14-7-5-13(6-8-14)18-12-23(9-10-25-18)11-17-19(24)22-16-4-2-1-3-15(16)21-17/h1-8,18H,9-12H2,(H,22,24). The minimum atomic E-state index is -0.261. The van der Waals surface area contributed by atoms with Gasteiger partial charge in [-0.1, -0.05) is 24.3 Å². The zero-order chi connectivity index (χ0) is 17.2. The molecule has 1 aliphatic rings. The maximum atomic E-state index is 13.1.